The highest BCUT2D eigenvalue weighted by Crippen LogP contribution is 2.50. The third kappa shape index (κ3) is 6.40. The number of hydrogen-bond acceptors (Lipinski definition) is 7. The molecule has 47 heavy (non-hydrogen) atoms. The van der Waals surface area contributed by atoms with Crippen LogP contribution in [0.5, 0.6) is 11.5 Å². The second-order valence-electron chi connectivity index (χ2n) is 13.4. The number of nitrogens with one attached hydrogen (secondary N) is 3. The number of rotatable bonds is 12. The first-order chi connectivity index (χ1) is 22.9. The summed E-state index contributed by atoms with van der Waals surface area (Å²) in [7, 11) is 0. The number of phenolic OH excluding ortho intramolecular Hbond substituents is 1. The van der Waals surface area contributed by atoms with Gasteiger partial charge in [-0.05, 0) is 111 Å². The number of aliphatic hydroxyl groups excluding tert-OH is 1. The Labute approximate surface area is 275 Å². The van der Waals surface area contributed by atoms with E-state index < -0.39 is 6.10 Å². The molecule has 3 aliphatic heterocycles. The Morgan fingerprint density at radius 2 is 1.89 bits per heavy atom. The molecule has 1 amide bonds. The average molecular weight is 637 g/mol. The molecular formula is C38H44N4O5. The summed E-state index contributed by atoms with van der Waals surface area (Å²) in [4.78, 5) is 30.8. The van der Waals surface area contributed by atoms with Crippen molar-refractivity contribution in [1.29, 1.82) is 0 Å². The maximum absolute atomic E-state index is 13.9. The molecule has 3 aromatic carbocycles. The molecule has 4 aromatic rings. The number of aromatic amines is 1. The molecule has 9 heteroatoms. The Morgan fingerprint density at radius 3 is 2.72 bits per heavy atom. The number of aliphatic hydroxyl groups is 1. The van der Waals surface area contributed by atoms with Crippen LogP contribution in [0.3, 0.4) is 0 Å². The maximum atomic E-state index is 13.9. The lowest BCUT2D eigenvalue weighted by molar-refractivity contribution is -0.00571. The van der Waals surface area contributed by atoms with E-state index in [1.807, 2.05) is 24.3 Å². The number of ether oxygens (including phenoxy) is 1. The van der Waals surface area contributed by atoms with E-state index in [1.165, 1.54) is 49.2 Å². The van der Waals surface area contributed by atoms with Gasteiger partial charge in [-0.25, -0.2) is 0 Å². The van der Waals surface area contributed by atoms with Crippen LogP contribution in [0.25, 0.3) is 10.9 Å². The number of unbranched alkanes of at least 4 members (excludes halogenated alkanes) is 1. The summed E-state index contributed by atoms with van der Waals surface area (Å²) in [6, 6.07) is 22.3. The molecule has 1 aromatic heterocycles. The number of benzene rings is 3. The van der Waals surface area contributed by atoms with E-state index in [0.29, 0.717) is 59.3 Å². The van der Waals surface area contributed by atoms with E-state index >= 15 is 0 Å². The van der Waals surface area contributed by atoms with Gasteiger partial charge in [0.2, 0.25) is 5.56 Å². The largest absolute Gasteiger partial charge is 0.506 e. The SMILES string of the molecule is O=C(N[C@@]1(C2CN3CCC2CC3)CCc2ccccc21)c1cccc(OCCCCNCC(O)c2ccc(O)c3[nH]c(=O)ccc23)c1. The average Bonchev–Trinajstić information content (AvgIpc) is 3.47. The minimum absolute atomic E-state index is 0.0271. The predicted octanol–water partition coefficient (Wildman–Crippen LogP) is 4.63. The number of phenols is 1. The lowest BCUT2D eigenvalue weighted by Gasteiger charge is -2.52. The Kier molecular flexibility index (Phi) is 9.03. The van der Waals surface area contributed by atoms with Gasteiger partial charge in [0.15, 0.2) is 0 Å². The van der Waals surface area contributed by atoms with Crippen molar-refractivity contribution in [2.45, 2.75) is 50.2 Å². The first kappa shape index (κ1) is 31.4. The van der Waals surface area contributed by atoms with Gasteiger partial charge in [0.25, 0.3) is 5.91 Å². The van der Waals surface area contributed by atoms with Crippen LogP contribution >= 0.6 is 0 Å². The van der Waals surface area contributed by atoms with Crippen LogP contribution < -0.4 is 20.9 Å². The molecule has 9 nitrogen and oxygen atoms in total. The Hall–Kier alpha value is -4.18. The van der Waals surface area contributed by atoms with E-state index in [0.717, 1.165) is 32.2 Å². The predicted molar refractivity (Wildman–Crippen MR) is 182 cm³/mol. The molecule has 246 valence electrons. The Morgan fingerprint density at radius 1 is 1.04 bits per heavy atom. The van der Waals surface area contributed by atoms with E-state index in [1.54, 1.807) is 12.1 Å². The second kappa shape index (κ2) is 13.5. The number of nitrogens with zero attached hydrogens (tertiary/aromatic N) is 1. The number of H-pyrrole nitrogens is 1. The van der Waals surface area contributed by atoms with Crippen molar-refractivity contribution in [3.05, 3.63) is 105 Å². The minimum Gasteiger partial charge on any atom is -0.506 e. The highest BCUT2D eigenvalue weighted by Gasteiger charge is 2.52. The summed E-state index contributed by atoms with van der Waals surface area (Å²) < 4.78 is 6.05. The quantitative estimate of drug-likeness (QED) is 0.144. The van der Waals surface area contributed by atoms with Gasteiger partial charge in [-0.2, -0.15) is 0 Å². The van der Waals surface area contributed by atoms with Crippen molar-refractivity contribution in [3.63, 3.8) is 0 Å². The number of aryl methyl sites for hydroxylation is 1. The van der Waals surface area contributed by atoms with Gasteiger partial charge in [0.1, 0.15) is 11.5 Å². The highest BCUT2D eigenvalue weighted by atomic mass is 16.5. The fraction of sp³-hybridized carbons (Fsp3) is 0.421. The summed E-state index contributed by atoms with van der Waals surface area (Å²) in [5, 5.41) is 28.3. The topological polar surface area (TPSA) is 127 Å². The van der Waals surface area contributed by atoms with E-state index in [9.17, 15) is 19.8 Å². The zero-order valence-electron chi connectivity index (χ0n) is 26.7. The van der Waals surface area contributed by atoms with Crippen molar-refractivity contribution in [2.24, 2.45) is 11.8 Å². The molecule has 3 atom stereocenters. The number of fused-ring (bicyclic) bond motifs is 5. The fourth-order valence-corrected chi connectivity index (χ4v) is 8.21. The Balaban J connectivity index is 0.916. The molecule has 1 aliphatic carbocycles. The zero-order chi connectivity index (χ0) is 32.4. The molecule has 0 saturated carbocycles. The van der Waals surface area contributed by atoms with Gasteiger partial charge in [0, 0.05) is 36.0 Å². The van der Waals surface area contributed by atoms with Crippen LogP contribution in [0.15, 0.2) is 77.6 Å². The number of carbonyl (C=O) groups is 1. The first-order valence-electron chi connectivity index (χ1n) is 17.0. The molecule has 8 rings (SSSR count). The molecule has 3 fully saturated rings. The molecule has 0 radical (unpaired) electrons. The van der Waals surface area contributed by atoms with Crippen LogP contribution in [0, 0.1) is 11.8 Å². The lowest BCUT2D eigenvalue weighted by Crippen LogP contribution is -2.60. The molecule has 2 unspecified atom stereocenters. The number of carbonyl (C=O) groups excluding carboxylic acids is 1. The molecule has 2 bridgehead atoms. The molecule has 3 saturated heterocycles. The van der Waals surface area contributed by atoms with Crippen molar-refractivity contribution in [3.8, 4) is 11.5 Å². The number of hydrogen-bond donors (Lipinski definition) is 5. The monoisotopic (exact) mass is 636 g/mol. The third-order valence-electron chi connectivity index (χ3n) is 10.6. The molecular weight excluding hydrogens is 592 g/mol. The standard InChI is InChI=1S/C38H44N4O5/c43-33-12-10-29(30-11-13-35(45)40-36(30)33)34(44)23-39-18-3-4-21-47-28-8-5-7-27(22-28)37(46)41-38(17-14-25-6-1-2-9-31(25)38)32-24-42-19-15-26(32)16-20-42/h1-2,5-13,22,26,32,34,39,43-44H,3-4,14-21,23-24H2,(H,40,45)(H,41,46)/t32?,34?,38-/m0/s1. The van der Waals surface area contributed by atoms with Gasteiger partial charge in [-0.3, -0.25) is 9.59 Å². The molecule has 0 spiro atoms. The van der Waals surface area contributed by atoms with Gasteiger partial charge >= 0.3 is 0 Å². The zero-order valence-corrected chi connectivity index (χ0v) is 26.7. The Bertz CT molecular complexity index is 1800. The smallest absolute Gasteiger partial charge is 0.252 e. The normalized spacial score (nSPS) is 23.8. The van der Waals surface area contributed by atoms with E-state index in [2.05, 4.69) is 44.8 Å². The van der Waals surface area contributed by atoms with Crippen molar-refractivity contribution < 1.29 is 19.7 Å². The summed E-state index contributed by atoms with van der Waals surface area (Å²) >= 11 is 0. The summed E-state index contributed by atoms with van der Waals surface area (Å²) in [5.74, 6) is 1.66. The van der Waals surface area contributed by atoms with Gasteiger partial charge < -0.3 is 35.5 Å². The fourth-order valence-electron chi connectivity index (χ4n) is 8.21. The molecule has 4 heterocycles. The minimum atomic E-state index is -0.795. The number of aromatic hydroxyl groups is 1. The van der Waals surface area contributed by atoms with Crippen LogP contribution in [0.1, 0.15) is 65.3 Å². The number of piperidine rings is 3. The summed E-state index contributed by atoms with van der Waals surface area (Å²) in [6.07, 6.45) is 5.22. The van der Waals surface area contributed by atoms with Crippen molar-refractivity contribution in [2.75, 3.05) is 39.3 Å². The van der Waals surface area contributed by atoms with E-state index in [4.69, 9.17) is 4.74 Å². The number of aromatic nitrogens is 1. The van der Waals surface area contributed by atoms with Gasteiger partial charge in [0.05, 0.1) is 23.8 Å². The van der Waals surface area contributed by atoms with Crippen LogP contribution in [0.4, 0.5) is 0 Å². The van der Waals surface area contributed by atoms with Crippen LogP contribution in [-0.4, -0.2) is 65.3 Å². The van der Waals surface area contributed by atoms with Crippen LogP contribution in [0.2, 0.25) is 0 Å². The molecule has 5 N–H and O–H groups in total. The number of pyridine rings is 1. The lowest BCUT2D eigenvalue weighted by atomic mass is 9.66. The van der Waals surface area contributed by atoms with Gasteiger partial charge in [-0.15, -0.1) is 0 Å². The third-order valence-corrected chi connectivity index (χ3v) is 10.6. The second-order valence-corrected chi connectivity index (χ2v) is 13.4. The van der Waals surface area contributed by atoms with E-state index in [-0.39, 0.29) is 22.8 Å². The van der Waals surface area contributed by atoms with Gasteiger partial charge in [-0.1, -0.05) is 36.4 Å². The molecule has 4 aliphatic rings. The number of amides is 1. The van der Waals surface area contributed by atoms with Crippen LogP contribution in [-0.2, 0) is 12.0 Å². The highest BCUT2D eigenvalue weighted by molar-refractivity contribution is 5.95. The van der Waals surface area contributed by atoms with Crippen molar-refractivity contribution >= 4 is 16.8 Å². The van der Waals surface area contributed by atoms with Crippen molar-refractivity contribution in [1.82, 2.24) is 20.5 Å². The summed E-state index contributed by atoms with van der Waals surface area (Å²) in [5.41, 5.74) is 3.59. The maximum Gasteiger partial charge on any atom is 0.252 e. The first-order valence-corrected chi connectivity index (χ1v) is 17.0. The summed E-state index contributed by atoms with van der Waals surface area (Å²) in [6.45, 7) is 4.94.